The average molecular weight is 276 g/mol. The molecule has 0 aliphatic rings. The third-order valence-electron chi connectivity index (χ3n) is 3.73. The van der Waals surface area contributed by atoms with Gasteiger partial charge in [0.25, 0.3) is 0 Å². The quantitative estimate of drug-likeness (QED) is 0.812. The molecule has 1 aromatic heterocycles. The number of benzene rings is 1. The summed E-state index contributed by atoms with van der Waals surface area (Å²) < 4.78 is 5.16. The molecular weight excluding hydrogens is 252 g/mol. The zero-order valence-corrected chi connectivity index (χ0v) is 12.5. The summed E-state index contributed by atoms with van der Waals surface area (Å²) in [4.78, 5) is 13.9. The van der Waals surface area contributed by atoms with E-state index in [2.05, 4.69) is 37.1 Å². The lowest BCUT2D eigenvalue weighted by atomic mass is 9.90. The monoisotopic (exact) mass is 276 g/mol. The SMILES string of the molecule is CCCNC(c1ccc2[nH]c(=O)oc2c1)C(C)CCC. The Kier molecular flexibility index (Phi) is 5.01. The maximum Gasteiger partial charge on any atom is 0.417 e. The minimum Gasteiger partial charge on any atom is -0.408 e. The highest BCUT2D eigenvalue weighted by molar-refractivity contribution is 5.72. The number of oxazole rings is 1. The number of fused-ring (bicyclic) bond motifs is 1. The van der Waals surface area contributed by atoms with Gasteiger partial charge in [0.15, 0.2) is 5.58 Å². The molecule has 0 radical (unpaired) electrons. The molecule has 4 heteroatoms. The van der Waals surface area contributed by atoms with Gasteiger partial charge < -0.3 is 9.73 Å². The van der Waals surface area contributed by atoms with Gasteiger partial charge in [0.1, 0.15) is 0 Å². The molecule has 4 nitrogen and oxygen atoms in total. The van der Waals surface area contributed by atoms with Gasteiger partial charge in [-0.05, 0) is 43.0 Å². The van der Waals surface area contributed by atoms with Crippen LogP contribution in [0.2, 0.25) is 0 Å². The minimum absolute atomic E-state index is 0.305. The summed E-state index contributed by atoms with van der Waals surface area (Å²) in [5.41, 5.74) is 2.59. The number of rotatable bonds is 7. The van der Waals surface area contributed by atoms with Crippen LogP contribution in [0.15, 0.2) is 27.4 Å². The van der Waals surface area contributed by atoms with Crippen LogP contribution in [0, 0.1) is 5.92 Å². The van der Waals surface area contributed by atoms with Gasteiger partial charge in [0, 0.05) is 6.04 Å². The Morgan fingerprint density at radius 2 is 2.10 bits per heavy atom. The highest BCUT2D eigenvalue weighted by Crippen LogP contribution is 2.27. The first-order chi connectivity index (χ1) is 9.65. The fourth-order valence-electron chi connectivity index (χ4n) is 2.72. The number of hydrogen-bond acceptors (Lipinski definition) is 3. The van der Waals surface area contributed by atoms with Gasteiger partial charge >= 0.3 is 5.76 Å². The number of hydrogen-bond donors (Lipinski definition) is 2. The second-order valence-corrected chi connectivity index (χ2v) is 5.47. The molecule has 20 heavy (non-hydrogen) atoms. The van der Waals surface area contributed by atoms with Crippen molar-refractivity contribution in [1.29, 1.82) is 0 Å². The maximum absolute atomic E-state index is 11.2. The summed E-state index contributed by atoms with van der Waals surface area (Å²) in [6.45, 7) is 7.65. The van der Waals surface area contributed by atoms with Gasteiger partial charge in [-0.25, -0.2) is 4.79 Å². The van der Waals surface area contributed by atoms with E-state index in [4.69, 9.17) is 4.42 Å². The lowest BCUT2D eigenvalue weighted by Crippen LogP contribution is -2.27. The summed E-state index contributed by atoms with van der Waals surface area (Å²) in [7, 11) is 0. The summed E-state index contributed by atoms with van der Waals surface area (Å²) in [5, 5.41) is 3.61. The zero-order valence-electron chi connectivity index (χ0n) is 12.5. The lowest BCUT2D eigenvalue weighted by Gasteiger charge is -2.25. The van der Waals surface area contributed by atoms with Crippen molar-refractivity contribution in [3.63, 3.8) is 0 Å². The Balaban J connectivity index is 2.30. The molecular formula is C16H24N2O2. The Hall–Kier alpha value is -1.55. The van der Waals surface area contributed by atoms with Gasteiger partial charge in [-0.15, -0.1) is 0 Å². The van der Waals surface area contributed by atoms with Crippen molar-refractivity contribution >= 4 is 11.1 Å². The molecule has 2 unspecified atom stereocenters. The minimum atomic E-state index is -0.392. The molecule has 0 amide bonds. The molecule has 0 spiro atoms. The third kappa shape index (κ3) is 3.31. The van der Waals surface area contributed by atoms with Crippen LogP contribution < -0.4 is 11.1 Å². The largest absolute Gasteiger partial charge is 0.417 e. The fourth-order valence-corrected chi connectivity index (χ4v) is 2.72. The van der Waals surface area contributed by atoms with E-state index in [-0.39, 0.29) is 0 Å². The number of aromatic amines is 1. The van der Waals surface area contributed by atoms with Crippen molar-refractivity contribution in [2.45, 2.75) is 46.1 Å². The van der Waals surface area contributed by atoms with Crippen LogP contribution in [0.4, 0.5) is 0 Å². The van der Waals surface area contributed by atoms with E-state index in [9.17, 15) is 4.79 Å². The molecule has 0 aliphatic heterocycles. The van der Waals surface area contributed by atoms with Crippen molar-refractivity contribution in [2.75, 3.05) is 6.54 Å². The first kappa shape index (κ1) is 14.9. The maximum atomic E-state index is 11.2. The molecule has 0 aliphatic carbocycles. The Morgan fingerprint density at radius 1 is 1.30 bits per heavy atom. The summed E-state index contributed by atoms with van der Waals surface area (Å²) >= 11 is 0. The molecule has 2 N–H and O–H groups in total. The van der Waals surface area contributed by atoms with Crippen molar-refractivity contribution < 1.29 is 4.42 Å². The van der Waals surface area contributed by atoms with E-state index < -0.39 is 5.76 Å². The molecule has 0 bridgehead atoms. The van der Waals surface area contributed by atoms with Crippen molar-refractivity contribution in [1.82, 2.24) is 10.3 Å². The first-order valence-corrected chi connectivity index (χ1v) is 7.51. The fraction of sp³-hybridized carbons (Fsp3) is 0.562. The van der Waals surface area contributed by atoms with Gasteiger partial charge in [-0.3, -0.25) is 4.98 Å². The van der Waals surface area contributed by atoms with Gasteiger partial charge in [-0.2, -0.15) is 0 Å². The predicted octanol–water partition coefficient (Wildman–Crippen LogP) is 3.60. The molecule has 0 fully saturated rings. The molecule has 2 atom stereocenters. The van der Waals surface area contributed by atoms with Crippen molar-refractivity contribution in [3.8, 4) is 0 Å². The first-order valence-electron chi connectivity index (χ1n) is 7.51. The Labute approximate surface area is 119 Å². The number of nitrogens with one attached hydrogen (secondary N) is 2. The topological polar surface area (TPSA) is 58.0 Å². The Bertz CT molecular complexity index is 600. The standard InChI is InChI=1S/C16H24N2O2/c1-4-6-11(3)15(17-9-5-2)12-7-8-13-14(10-12)20-16(19)18-13/h7-8,10-11,15,17H,4-6,9H2,1-3H3,(H,18,19). The van der Waals surface area contributed by atoms with Crippen LogP contribution in [0.25, 0.3) is 11.1 Å². The number of aromatic nitrogens is 1. The highest BCUT2D eigenvalue weighted by atomic mass is 16.4. The van der Waals surface area contributed by atoms with Crippen LogP contribution in [0.5, 0.6) is 0 Å². The normalized spacial score (nSPS) is 14.6. The predicted molar refractivity (Wildman–Crippen MR) is 81.9 cm³/mol. The van der Waals surface area contributed by atoms with Crippen LogP contribution in [-0.4, -0.2) is 11.5 Å². The lowest BCUT2D eigenvalue weighted by molar-refractivity contribution is 0.363. The van der Waals surface area contributed by atoms with E-state index in [1.165, 1.54) is 18.4 Å². The smallest absolute Gasteiger partial charge is 0.408 e. The zero-order chi connectivity index (χ0) is 14.5. The van der Waals surface area contributed by atoms with Crippen LogP contribution in [0.3, 0.4) is 0 Å². The summed E-state index contributed by atoms with van der Waals surface area (Å²) in [6, 6.07) is 6.29. The summed E-state index contributed by atoms with van der Waals surface area (Å²) in [5.74, 6) is 0.159. The van der Waals surface area contributed by atoms with Gasteiger partial charge in [0.05, 0.1) is 5.52 Å². The average Bonchev–Trinajstić information content (AvgIpc) is 2.79. The Morgan fingerprint density at radius 3 is 2.80 bits per heavy atom. The van der Waals surface area contributed by atoms with Gasteiger partial charge in [-0.1, -0.05) is 33.3 Å². The van der Waals surface area contributed by atoms with E-state index in [1.54, 1.807) is 0 Å². The third-order valence-corrected chi connectivity index (χ3v) is 3.73. The van der Waals surface area contributed by atoms with Crippen molar-refractivity contribution in [3.05, 3.63) is 34.3 Å². The van der Waals surface area contributed by atoms with E-state index in [0.717, 1.165) is 18.5 Å². The van der Waals surface area contributed by atoms with Crippen molar-refractivity contribution in [2.24, 2.45) is 5.92 Å². The van der Waals surface area contributed by atoms with Crippen LogP contribution >= 0.6 is 0 Å². The van der Waals surface area contributed by atoms with E-state index >= 15 is 0 Å². The van der Waals surface area contributed by atoms with Crippen LogP contribution in [0.1, 0.15) is 51.6 Å². The molecule has 2 aromatic rings. The van der Waals surface area contributed by atoms with Crippen LogP contribution in [-0.2, 0) is 0 Å². The molecule has 110 valence electrons. The number of H-pyrrole nitrogens is 1. The summed E-state index contributed by atoms with van der Waals surface area (Å²) in [6.07, 6.45) is 3.46. The molecule has 0 saturated heterocycles. The molecule has 1 heterocycles. The second kappa shape index (κ2) is 6.75. The molecule has 1 aromatic carbocycles. The molecule has 0 saturated carbocycles. The van der Waals surface area contributed by atoms with Gasteiger partial charge in [0.2, 0.25) is 0 Å². The second-order valence-electron chi connectivity index (χ2n) is 5.47. The molecule has 2 rings (SSSR count). The highest BCUT2D eigenvalue weighted by Gasteiger charge is 2.19. The van der Waals surface area contributed by atoms with E-state index in [1.807, 2.05) is 12.1 Å². The van der Waals surface area contributed by atoms with E-state index in [0.29, 0.717) is 17.5 Å².